The molecule has 1 rings (SSSR count). The number of amides is 1. The summed E-state index contributed by atoms with van der Waals surface area (Å²) < 4.78 is 0.737. The highest BCUT2D eigenvalue weighted by Gasteiger charge is 2.19. The Morgan fingerprint density at radius 3 is 2.67 bits per heavy atom. The number of phenols is 1. The SMILES string of the molecule is CC(=O)NC(CSc1ccc(Br)cc1O)C(=O)O. The standard InChI is InChI=1S/C11H12BrNO4S/c1-6(14)13-8(11(16)17)5-18-10-3-2-7(12)4-9(10)15/h2-4,8,15H,5H2,1H3,(H,13,14)(H,16,17). The smallest absolute Gasteiger partial charge is 0.327 e. The number of carboxylic acid groups (broad SMARTS) is 1. The second kappa shape index (κ2) is 6.65. The van der Waals surface area contributed by atoms with Crippen LogP contribution in [0.15, 0.2) is 27.6 Å². The highest BCUT2D eigenvalue weighted by atomic mass is 79.9. The molecule has 1 aromatic carbocycles. The number of hydrogen-bond donors (Lipinski definition) is 3. The number of rotatable bonds is 5. The van der Waals surface area contributed by atoms with Crippen LogP contribution in [0.5, 0.6) is 5.75 Å². The molecule has 1 atom stereocenters. The van der Waals surface area contributed by atoms with E-state index in [2.05, 4.69) is 21.2 Å². The van der Waals surface area contributed by atoms with Gasteiger partial charge in [-0.3, -0.25) is 4.79 Å². The minimum atomic E-state index is -1.10. The number of carbonyl (C=O) groups excluding carboxylic acids is 1. The molecule has 7 heteroatoms. The van der Waals surface area contributed by atoms with Gasteiger partial charge in [0, 0.05) is 22.0 Å². The van der Waals surface area contributed by atoms with Crippen molar-refractivity contribution in [2.24, 2.45) is 0 Å². The lowest BCUT2D eigenvalue weighted by molar-refractivity contribution is -0.140. The van der Waals surface area contributed by atoms with Gasteiger partial charge in [0.2, 0.25) is 5.91 Å². The highest BCUT2D eigenvalue weighted by Crippen LogP contribution is 2.31. The summed E-state index contributed by atoms with van der Waals surface area (Å²) in [5.74, 6) is -1.29. The summed E-state index contributed by atoms with van der Waals surface area (Å²) in [5.41, 5.74) is 0. The van der Waals surface area contributed by atoms with Crippen molar-refractivity contribution in [3.63, 3.8) is 0 Å². The van der Waals surface area contributed by atoms with Gasteiger partial charge in [-0.1, -0.05) is 15.9 Å². The van der Waals surface area contributed by atoms with E-state index >= 15 is 0 Å². The molecule has 1 aromatic rings. The molecule has 0 spiro atoms. The van der Waals surface area contributed by atoms with E-state index in [0.717, 1.165) is 4.47 Å². The average molecular weight is 334 g/mol. The Morgan fingerprint density at radius 2 is 2.17 bits per heavy atom. The maximum absolute atomic E-state index is 10.9. The molecule has 0 saturated heterocycles. The molecule has 0 aliphatic carbocycles. The Morgan fingerprint density at radius 1 is 1.50 bits per heavy atom. The van der Waals surface area contributed by atoms with Crippen LogP contribution in [0, 0.1) is 0 Å². The second-order valence-electron chi connectivity index (χ2n) is 3.51. The predicted molar refractivity (Wildman–Crippen MR) is 71.8 cm³/mol. The number of carboxylic acids is 1. The lowest BCUT2D eigenvalue weighted by Gasteiger charge is -2.13. The molecule has 98 valence electrons. The van der Waals surface area contributed by atoms with Crippen molar-refractivity contribution in [3.05, 3.63) is 22.7 Å². The molecule has 1 amide bonds. The fourth-order valence-electron chi connectivity index (χ4n) is 1.21. The van der Waals surface area contributed by atoms with Crippen molar-refractivity contribution in [3.8, 4) is 5.75 Å². The van der Waals surface area contributed by atoms with Gasteiger partial charge in [0.05, 0.1) is 0 Å². The number of benzene rings is 1. The highest BCUT2D eigenvalue weighted by molar-refractivity contribution is 9.10. The van der Waals surface area contributed by atoms with Gasteiger partial charge in [0.1, 0.15) is 11.8 Å². The minimum Gasteiger partial charge on any atom is -0.507 e. The normalized spacial score (nSPS) is 11.9. The summed E-state index contributed by atoms with van der Waals surface area (Å²) >= 11 is 4.38. The first-order chi connectivity index (χ1) is 8.40. The van der Waals surface area contributed by atoms with E-state index in [1.165, 1.54) is 24.8 Å². The Labute approximate surface area is 117 Å². The van der Waals surface area contributed by atoms with Gasteiger partial charge in [-0.2, -0.15) is 0 Å². The van der Waals surface area contributed by atoms with Crippen molar-refractivity contribution < 1.29 is 19.8 Å². The van der Waals surface area contributed by atoms with Crippen LogP contribution < -0.4 is 5.32 Å². The van der Waals surface area contributed by atoms with Crippen LogP contribution in [-0.2, 0) is 9.59 Å². The Bertz CT molecular complexity index is 466. The van der Waals surface area contributed by atoms with E-state index in [1.807, 2.05) is 0 Å². The third-order valence-corrected chi connectivity index (χ3v) is 3.65. The van der Waals surface area contributed by atoms with Gasteiger partial charge in [-0.05, 0) is 18.2 Å². The van der Waals surface area contributed by atoms with E-state index in [4.69, 9.17) is 5.11 Å². The predicted octanol–water partition coefficient (Wildman–Crippen LogP) is 1.84. The van der Waals surface area contributed by atoms with Crippen LogP contribution >= 0.6 is 27.7 Å². The fraction of sp³-hybridized carbons (Fsp3) is 0.273. The molecule has 0 heterocycles. The summed E-state index contributed by atoms with van der Waals surface area (Å²) in [5, 5.41) is 20.9. The van der Waals surface area contributed by atoms with Crippen LogP contribution in [0.3, 0.4) is 0 Å². The number of thioether (sulfide) groups is 1. The van der Waals surface area contributed by atoms with Gasteiger partial charge >= 0.3 is 5.97 Å². The summed E-state index contributed by atoms with van der Waals surface area (Å²) in [7, 11) is 0. The van der Waals surface area contributed by atoms with Crippen LogP contribution in [-0.4, -0.2) is 33.9 Å². The van der Waals surface area contributed by atoms with E-state index in [9.17, 15) is 14.7 Å². The minimum absolute atomic E-state index is 0.0707. The zero-order valence-electron chi connectivity index (χ0n) is 9.51. The summed E-state index contributed by atoms with van der Waals surface area (Å²) in [6.07, 6.45) is 0. The topological polar surface area (TPSA) is 86.6 Å². The molecule has 3 N–H and O–H groups in total. The number of aromatic hydroxyl groups is 1. The van der Waals surface area contributed by atoms with E-state index in [1.54, 1.807) is 12.1 Å². The molecule has 18 heavy (non-hydrogen) atoms. The van der Waals surface area contributed by atoms with Gasteiger partial charge in [-0.25, -0.2) is 4.79 Å². The maximum atomic E-state index is 10.9. The summed E-state index contributed by atoms with van der Waals surface area (Å²) in [6, 6.07) is 3.97. The molecule has 0 saturated carbocycles. The van der Waals surface area contributed by atoms with Crippen LogP contribution in [0.2, 0.25) is 0 Å². The summed E-state index contributed by atoms with van der Waals surface area (Å²) in [6.45, 7) is 1.26. The van der Waals surface area contributed by atoms with Gasteiger partial charge < -0.3 is 15.5 Å². The molecular weight excluding hydrogens is 322 g/mol. The van der Waals surface area contributed by atoms with E-state index < -0.39 is 17.9 Å². The molecule has 0 aliphatic heterocycles. The number of nitrogens with one attached hydrogen (secondary N) is 1. The molecule has 0 aliphatic rings. The van der Waals surface area contributed by atoms with Crippen LogP contribution in [0.25, 0.3) is 0 Å². The largest absolute Gasteiger partial charge is 0.507 e. The molecule has 0 aromatic heterocycles. The molecule has 1 unspecified atom stereocenters. The molecule has 0 fully saturated rings. The Hall–Kier alpha value is -1.21. The lowest BCUT2D eigenvalue weighted by Crippen LogP contribution is -2.41. The molecular formula is C11H12BrNO4S. The van der Waals surface area contributed by atoms with Gasteiger partial charge in [0.25, 0.3) is 0 Å². The molecule has 0 radical (unpaired) electrons. The Balaban J connectivity index is 2.66. The first kappa shape index (κ1) is 14.8. The first-order valence-corrected chi connectivity index (χ1v) is 6.79. The van der Waals surface area contributed by atoms with Crippen molar-refractivity contribution in [1.82, 2.24) is 5.32 Å². The zero-order chi connectivity index (χ0) is 13.7. The van der Waals surface area contributed by atoms with E-state index in [-0.39, 0.29) is 11.5 Å². The first-order valence-electron chi connectivity index (χ1n) is 5.01. The number of phenolic OH excluding ortho intramolecular Hbond substituents is 1. The number of hydrogen-bond acceptors (Lipinski definition) is 4. The Kier molecular flexibility index (Phi) is 5.49. The molecule has 0 bridgehead atoms. The number of aliphatic carboxylic acids is 1. The zero-order valence-corrected chi connectivity index (χ0v) is 11.9. The van der Waals surface area contributed by atoms with Crippen LogP contribution in [0.1, 0.15) is 6.92 Å². The fourth-order valence-corrected chi connectivity index (χ4v) is 2.50. The van der Waals surface area contributed by atoms with Crippen molar-refractivity contribution in [2.45, 2.75) is 17.9 Å². The third kappa shape index (κ3) is 4.58. The third-order valence-electron chi connectivity index (χ3n) is 2.00. The molecule has 5 nitrogen and oxygen atoms in total. The van der Waals surface area contributed by atoms with Crippen molar-refractivity contribution >= 4 is 39.6 Å². The van der Waals surface area contributed by atoms with Crippen molar-refractivity contribution in [2.75, 3.05) is 5.75 Å². The van der Waals surface area contributed by atoms with Gasteiger partial charge in [0.15, 0.2) is 0 Å². The number of halogens is 1. The van der Waals surface area contributed by atoms with E-state index in [0.29, 0.717) is 4.90 Å². The quantitative estimate of drug-likeness (QED) is 0.716. The monoisotopic (exact) mass is 333 g/mol. The lowest BCUT2D eigenvalue weighted by atomic mass is 10.3. The average Bonchev–Trinajstić information content (AvgIpc) is 2.25. The maximum Gasteiger partial charge on any atom is 0.327 e. The van der Waals surface area contributed by atoms with Crippen LogP contribution in [0.4, 0.5) is 0 Å². The number of carbonyl (C=O) groups is 2. The second-order valence-corrected chi connectivity index (χ2v) is 5.49. The van der Waals surface area contributed by atoms with Crippen molar-refractivity contribution in [1.29, 1.82) is 0 Å². The van der Waals surface area contributed by atoms with Gasteiger partial charge in [-0.15, -0.1) is 11.8 Å². The summed E-state index contributed by atoms with van der Waals surface area (Å²) in [4.78, 5) is 22.3.